The zero-order valence-electron chi connectivity index (χ0n) is 14.6. The van der Waals surface area contributed by atoms with Crippen LogP contribution in [0.15, 0.2) is 28.9 Å². The van der Waals surface area contributed by atoms with Crippen molar-refractivity contribution in [3.05, 3.63) is 47.4 Å². The highest BCUT2D eigenvalue weighted by Crippen LogP contribution is 2.29. The molecular weight excluding hydrogens is 302 g/mol. The summed E-state index contributed by atoms with van der Waals surface area (Å²) in [6, 6.07) is 5.86. The molecule has 0 bridgehead atoms. The quantitative estimate of drug-likeness (QED) is 0.770. The molecule has 0 saturated carbocycles. The van der Waals surface area contributed by atoms with Crippen molar-refractivity contribution < 1.29 is 4.52 Å². The van der Waals surface area contributed by atoms with Gasteiger partial charge in [0.25, 0.3) is 0 Å². The lowest BCUT2D eigenvalue weighted by molar-refractivity contribution is 0.393. The smallest absolute Gasteiger partial charge is 0.143 e. The number of hydrogen-bond donors (Lipinski definition) is 1. The summed E-state index contributed by atoms with van der Waals surface area (Å²) in [7, 11) is 0. The summed E-state index contributed by atoms with van der Waals surface area (Å²) in [5.41, 5.74) is 4.42. The van der Waals surface area contributed by atoms with Gasteiger partial charge in [0.05, 0.1) is 28.8 Å². The highest BCUT2D eigenvalue weighted by molar-refractivity contribution is 5.68. The van der Waals surface area contributed by atoms with Gasteiger partial charge in [-0.15, -0.1) is 0 Å². The fourth-order valence-electron chi connectivity index (χ4n) is 2.45. The van der Waals surface area contributed by atoms with Crippen LogP contribution in [0.25, 0.3) is 11.3 Å². The molecule has 3 aromatic rings. The van der Waals surface area contributed by atoms with E-state index in [0.717, 1.165) is 45.7 Å². The second-order valence-corrected chi connectivity index (χ2v) is 6.16. The zero-order chi connectivity index (χ0) is 17.3. The van der Waals surface area contributed by atoms with Crippen LogP contribution in [0.1, 0.15) is 42.7 Å². The lowest BCUT2D eigenvalue weighted by Gasteiger charge is -2.12. The minimum absolute atomic E-state index is 0.210. The zero-order valence-corrected chi connectivity index (χ0v) is 14.6. The van der Waals surface area contributed by atoms with Crippen molar-refractivity contribution in [1.29, 1.82) is 0 Å². The molecule has 0 radical (unpaired) electrons. The molecule has 3 rings (SSSR count). The van der Waals surface area contributed by atoms with Crippen LogP contribution in [-0.4, -0.2) is 20.1 Å². The van der Waals surface area contributed by atoms with E-state index >= 15 is 0 Å². The van der Waals surface area contributed by atoms with Crippen LogP contribution >= 0.6 is 0 Å². The number of rotatable bonds is 4. The van der Waals surface area contributed by atoms with Crippen LogP contribution in [0.3, 0.4) is 0 Å². The van der Waals surface area contributed by atoms with Crippen molar-refractivity contribution in [3.63, 3.8) is 0 Å². The van der Waals surface area contributed by atoms with Crippen LogP contribution < -0.4 is 5.32 Å². The molecule has 0 fully saturated rings. The summed E-state index contributed by atoms with van der Waals surface area (Å²) in [4.78, 5) is 13.6. The molecule has 24 heavy (non-hydrogen) atoms. The van der Waals surface area contributed by atoms with Crippen molar-refractivity contribution in [2.24, 2.45) is 0 Å². The molecule has 0 saturated heterocycles. The molecule has 0 spiro atoms. The summed E-state index contributed by atoms with van der Waals surface area (Å²) in [6.45, 7) is 9.91. The first-order chi connectivity index (χ1) is 11.4. The average Bonchev–Trinajstić information content (AvgIpc) is 2.88. The number of pyridine rings is 1. The molecular formula is C18H21N5O. The van der Waals surface area contributed by atoms with E-state index in [1.165, 1.54) is 0 Å². The van der Waals surface area contributed by atoms with Crippen LogP contribution in [0.5, 0.6) is 0 Å². The predicted octanol–water partition coefficient (Wildman–Crippen LogP) is 4.32. The van der Waals surface area contributed by atoms with Crippen molar-refractivity contribution in [1.82, 2.24) is 20.1 Å². The second-order valence-electron chi connectivity index (χ2n) is 6.16. The largest absolute Gasteiger partial charge is 0.361 e. The third-order valence-corrected chi connectivity index (χ3v) is 3.73. The van der Waals surface area contributed by atoms with Crippen LogP contribution in [0.2, 0.25) is 0 Å². The van der Waals surface area contributed by atoms with Gasteiger partial charge in [-0.3, -0.25) is 4.98 Å². The normalized spacial score (nSPS) is 11.1. The molecule has 0 aliphatic heterocycles. The molecule has 1 N–H and O–H groups in total. The van der Waals surface area contributed by atoms with Crippen molar-refractivity contribution in [2.45, 2.75) is 40.5 Å². The minimum atomic E-state index is 0.210. The fraction of sp³-hybridized carbons (Fsp3) is 0.333. The highest BCUT2D eigenvalue weighted by atomic mass is 16.5. The number of anilines is 2. The summed E-state index contributed by atoms with van der Waals surface area (Å²) >= 11 is 0. The van der Waals surface area contributed by atoms with E-state index in [2.05, 4.69) is 39.3 Å². The van der Waals surface area contributed by atoms with E-state index in [1.54, 1.807) is 6.20 Å². The standard InChI is InChI=1S/C18H21N5O/c1-10(2)18-21-15(17-12(4)23-24-13(17)5)8-16(22-18)20-14-7-6-11(3)19-9-14/h6-10H,1-5H3,(H,20,21,22). The Kier molecular flexibility index (Phi) is 4.29. The van der Waals surface area contributed by atoms with Gasteiger partial charge in [0.1, 0.15) is 17.4 Å². The van der Waals surface area contributed by atoms with Crippen LogP contribution in [-0.2, 0) is 0 Å². The van der Waals surface area contributed by atoms with E-state index in [-0.39, 0.29) is 5.92 Å². The fourth-order valence-corrected chi connectivity index (χ4v) is 2.45. The minimum Gasteiger partial charge on any atom is -0.361 e. The molecule has 3 aromatic heterocycles. The monoisotopic (exact) mass is 323 g/mol. The molecule has 0 unspecified atom stereocenters. The number of nitrogens with one attached hydrogen (secondary N) is 1. The van der Waals surface area contributed by atoms with Gasteiger partial charge in [-0.05, 0) is 32.9 Å². The van der Waals surface area contributed by atoms with Gasteiger partial charge in [-0.2, -0.15) is 0 Å². The maximum atomic E-state index is 5.28. The van der Waals surface area contributed by atoms with Gasteiger partial charge in [-0.1, -0.05) is 19.0 Å². The van der Waals surface area contributed by atoms with Crippen molar-refractivity contribution >= 4 is 11.5 Å². The summed E-state index contributed by atoms with van der Waals surface area (Å²) in [6.07, 6.45) is 1.79. The van der Waals surface area contributed by atoms with Crippen molar-refractivity contribution in [3.8, 4) is 11.3 Å². The molecule has 0 aromatic carbocycles. The third-order valence-electron chi connectivity index (χ3n) is 3.73. The van der Waals surface area contributed by atoms with Gasteiger partial charge < -0.3 is 9.84 Å². The Bertz CT molecular complexity index is 833. The third kappa shape index (κ3) is 3.27. The first-order valence-electron chi connectivity index (χ1n) is 7.96. The lowest BCUT2D eigenvalue weighted by atomic mass is 10.1. The number of nitrogens with zero attached hydrogens (tertiary/aromatic N) is 4. The maximum absolute atomic E-state index is 5.28. The molecule has 3 heterocycles. The van der Waals surface area contributed by atoms with Gasteiger partial charge in [0.2, 0.25) is 0 Å². The summed E-state index contributed by atoms with van der Waals surface area (Å²) < 4.78 is 5.28. The molecule has 6 nitrogen and oxygen atoms in total. The highest BCUT2D eigenvalue weighted by Gasteiger charge is 2.16. The first kappa shape index (κ1) is 16.1. The Balaban J connectivity index is 2.04. The molecule has 0 atom stereocenters. The van der Waals surface area contributed by atoms with E-state index < -0.39 is 0 Å². The molecule has 0 amide bonds. The topological polar surface area (TPSA) is 76.7 Å². The summed E-state index contributed by atoms with van der Waals surface area (Å²) in [5, 5.41) is 7.33. The van der Waals surface area contributed by atoms with Gasteiger partial charge in [-0.25, -0.2) is 9.97 Å². The molecule has 124 valence electrons. The second kappa shape index (κ2) is 6.39. The number of aromatic nitrogens is 4. The first-order valence-corrected chi connectivity index (χ1v) is 7.96. The van der Waals surface area contributed by atoms with Gasteiger partial charge in [0, 0.05) is 17.7 Å². The van der Waals surface area contributed by atoms with E-state index in [4.69, 9.17) is 4.52 Å². The average molecular weight is 323 g/mol. The Morgan fingerprint density at radius 2 is 1.88 bits per heavy atom. The maximum Gasteiger partial charge on any atom is 0.143 e. The Labute approximate surface area is 141 Å². The molecule has 0 aliphatic rings. The van der Waals surface area contributed by atoms with Gasteiger partial charge >= 0.3 is 0 Å². The summed E-state index contributed by atoms with van der Waals surface area (Å²) in [5.74, 6) is 2.47. The van der Waals surface area contributed by atoms with E-state index in [1.807, 2.05) is 39.0 Å². The Hall–Kier alpha value is -2.76. The SMILES string of the molecule is Cc1ccc(Nc2cc(-c3c(C)noc3C)nc(C(C)C)n2)cn1. The van der Waals surface area contributed by atoms with E-state index in [9.17, 15) is 0 Å². The Morgan fingerprint density at radius 3 is 2.46 bits per heavy atom. The Morgan fingerprint density at radius 1 is 1.08 bits per heavy atom. The van der Waals surface area contributed by atoms with Crippen molar-refractivity contribution in [2.75, 3.05) is 5.32 Å². The molecule has 6 heteroatoms. The number of hydrogen-bond acceptors (Lipinski definition) is 6. The predicted molar refractivity (Wildman–Crippen MR) is 93.3 cm³/mol. The van der Waals surface area contributed by atoms with Gasteiger partial charge in [0.15, 0.2) is 0 Å². The molecule has 0 aliphatic carbocycles. The van der Waals surface area contributed by atoms with Crippen LogP contribution in [0.4, 0.5) is 11.5 Å². The number of aryl methyl sites for hydroxylation is 3. The lowest BCUT2D eigenvalue weighted by Crippen LogP contribution is -2.04. The van der Waals surface area contributed by atoms with E-state index in [0.29, 0.717) is 0 Å². The van der Waals surface area contributed by atoms with Crippen LogP contribution in [0, 0.1) is 20.8 Å².